The molecule has 0 bridgehead atoms. The summed E-state index contributed by atoms with van der Waals surface area (Å²) in [6, 6.07) is 8.94. The fourth-order valence-electron chi connectivity index (χ4n) is 1.43. The fourth-order valence-corrected chi connectivity index (χ4v) is 1.43. The van der Waals surface area contributed by atoms with Gasteiger partial charge in [0.2, 0.25) is 5.95 Å². The van der Waals surface area contributed by atoms with Crippen molar-refractivity contribution in [3.63, 3.8) is 0 Å². The third-order valence-electron chi connectivity index (χ3n) is 2.23. The number of rotatable bonds is 3. The van der Waals surface area contributed by atoms with Crippen LogP contribution in [0.4, 0.5) is 11.6 Å². The van der Waals surface area contributed by atoms with E-state index in [-0.39, 0.29) is 5.91 Å². The van der Waals surface area contributed by atoms with Crippen molar-refractivity contribution in [1.29, 1.82) is 0 Å². The van der Waals surface area contributed by atoms with Gasteiger partial charge in [0.05, 0.1) is 5.56 Å². The zero-order valence-electron chi connectivity index (χ0n) is 9.34. The Morgan fingerprint density at radius 2 is 1.82 bits per heavy atom. The first-order valence-corrected chi connectivity index (χ1v) is 5.16. The molecule has 2 rings (SSSR count). The molecule has 1 amide bonds. The lowest BCUT2D eigenvalue weighted by molar-refractivity contribution is 0.102. The van der Waals surface area contributed by atoms with Gasteiger partial charge in [0.15, 0.2) is 0 Å². The van der Waals surface area contributed by atoms with Crippen LogP contribution in [0.1, 0.15) is 10.4 Å². The molecule has 0 atom stereocenters. The summed E-state index contributed by atoms with van der Waals surface area (Å²) in [7, 11) is 1.77. The van der Waals surface area contributed by atoms with Crippen molar-refractivity contribution in [3.05, 3.63) is 48.3 Å². The highest BCUT2D eigenvalue weighted by atomic mass is 16.1. The Hall–Kier alpha value is -2.43. The first-order chi connectivity index (χ1) is 8.31. The van der Waals surface area contributed by atoms with Gasteiger partial charge in [0.1, 0.15) is 0 Å². The van der Waals surface area contributed by atoms with E-state index in [1.54, 1.807) is 31.6 Å². The van der Waals surface area contributed by atoms with Crippen LogP contribution in [0, 0.1) is 0 Å². The van der Waals surface area contributed by atoms with Crippen molar-refractivity contribution >= 4 is 17.5 Å². The maximum absolute atomic E-state index is 12.0. The first kappa shape index (κ1) is 11.1. The number of nitrogens with one attached hydrogen (secondary N) is 2. The van der Waals surface area contributed by atoms with E-state index in [0.29, 0.717) is 11.5 Å². The van der Waals surface area contributed by atoms with Crippen molar-refractivity contribution in [2.75, 3.05) is 17.7 Å². The molecule has 1 heterocycles. The van der Waals surface area contributed by atoms with Gasteiger partial charge in [-0.2, -0.15) is 0 Å². The third-order valence-corrected chi connectivity index (χ3v) is 2.23. The average Bonchev–Trinajstić information content (AvgIpc) is 2.40. The Labute approximate surface area is 98.9 Å². The minimum Gasteiger partial charge on any atom is -0.387 e. The quantitative estimate of drug-likeness (QED) is 0.840. The van der Waals surface area contributed by atoms with Crippen molar-refractivity contribution < 1.29 is 4.79 Å². The molecule has 1 aromatic heterocycles. The highest BCUT2D eigenvalue weighted by Crippen LogP contribution is 2.15. The van der Waals surface area contributed by atoms with Crippen molar-refractivity contribution in [1.82, 2.24) is 9.97 Å². The molecule has 2 N–H and O–H groups in total. The van der Waals surface area contributed by atoms with Gasteiger partial charge >= 0.3 is 0 Å². The van der Waals surface area contributed by atoms with Crippen LogP contribution in [0.25, 0.3) is 0 Å². The average molecular weight is 228 g/mol. The molecule has 5 nitrogen and oxygen atoms in total. The number of hydrogen-bond donors (Lipinski definition) is 2. The Morgan fingerprint density at radius 3 is 2.53 bits per heavy atom. The van der Waals surface area contributed by atoms with Gasteiger partial charge in [-0.3, -0.25) is 10.1 Å². The first-order valence-electron chi connectivity index (χ1n) is 5.16. The molecule has 2 aromatic rings. The predicted octanol–water partition coefficient (Wildman–Crippen LogP) is 1.77. The topological polar surface area (TPSA) is 66.9 Å². The highest BCUT2D eigenvalue weighted by Gasteiger charge is 2.10. The zero-order chi connectivity index (χ0) is 12.1. The van der Waals surface area contributed by atoms with E-state index in [0.717, 1.165) is 5.69 Å². The minimum absolute atomic E-state index is 0.235. The predicted molar refractivity (Wildman–Crippen MR) is 66.0 cm³/mol. The Morgan fingerprint density at radius 1 is 1.12 bits per heavy atom. The van der Waals surface area contributed by atoms with E-state index in [2.05, 4.69) is 20.6 Å². The number of nitrogens with zero attached hydrogens (tertiary/aromatic N) is 2. The van der Waals surface area contributed by atoms with Gasteiger partial charge < -0.3 is 5.32 Å². The second kappa shape index (κ2) is 5.07. The van der Waals surface area contributed by atoms with Crippen LogP contribution >= 0.6 is 0 Å². The lowest BCUT2D eigenvalue weighted by Crippen LogP contribution is -2.15. The Balaban J connectivity index is 2.20. The van der Waals surface area contributed by atoms with Gasteiger partial charge in [-0.1, -0.05) is 12.1 Å². The van der Waals surface area contributed by atoms with E-state index in [9.17, 15) is 4.79 Å². The van der Waals surface area contributed by atoms with Crippen LogP contribution in [0.15, 0.2) is 42.7 Å². The molecule has 0 aliphatic carbocycles. The Bertz CT molecular complexity index is 513. The Kier molecular flexibility index (Phi) is 3.30. The summed E-state index contributed by atoms with van der Waals surface area (Å²) in [5.74, 6) is 0.0598. The van der Waals surface area contributed by atoms with Gasteiger partial charge in [0, 0.05) is 25.1 Å². The van der Waals surface area contributed by atoms with Crippen LogP contribution in [-0.4, -0.2) is 22.9 Å². The van der Waals surface area contributed by atoms with E-state index in [1.807, 2.05) is 18.2 Å². The molecule has 0 fully saturated rings. The number of para-hydroxylation sites is 1. The third kappa shape index (κ3) is 2.57. The SMILES string of the molecule is CNc1ccccc1C(=O)Nc1ncccn1. The number of amides is 1. The van der Waals surface area contributed by atoms with E-state index < -0.39 is 0 Å². The van der Waals surface area contributed by atoms with E-state index in [4.69, 9.17) is 0 Å². The summed E-state index contributed by atoms with van der Waals surface area (Å²) in [6.45, 7) is 0. The molecule has 0 aliphatic rings. The molecule has 0 unspecified atom stereocenters. The maximum Gasteiger partial charge on any atom is 0.260 e. The van der Waals surface area contributed by atoms with Gasteiger partial charge in [-0.05, 0) is 18.2 Å². The number of carbonyl (C=O) groups is 1. The molecule has 0 aliphatic heterocycles. The van der Waals surface area contributed by atoms with Crippen LogP contribution in [-0.2, 0) is 0 Å². The van der Waals surface area contributed by atoms with Crippen LogP contribution in [0.3, 0.4) is 0 Å². The number of carbonyl (C=O) groups excluding carboxylic acids is 1. The second-order valence-electron chi connectivity index (χ2n) is 3.32. The molecular formula is C12H12N4O. The highest BCUT2D eigenvalue weighted by molar-refractivity contribution is 6.07. The smallest absolute Gasteiger partial charge is 0.260 e. The number of benzene rings is 1. The van der Waals surface area contributed by atoms with Crippen LogP contribution < -0.4 is 10.6 Å². The van der Waals surface area contributed by atoms with Gasteiger partial charge in [-0.25, -0.2) is 9.97 Å². The maximum atomic E-state index is 12.0. The second-order valence-corrected chi connectivity index (χ2v) is 3.32. The molecule has 1 aromatic carbocycles. The van der Waals surface area contributed by atoms with Crippen molar-refractivity contribution in [2.45, 2.75) is 0 Å². The molecule has 86 valence electrons. The molecule has 0 spiro atoms. The molecule has 0 saturated carbocycles. The normalized spacial score (nSPS) is 9.71. The van der Waals surface area contributed by atoms with Crippen LogP contribution in [0.5, 0.6) is 0 Å². The molecule has 5 heteroatoms. The molecule has 0 radical (unpaired) electrons. The molecule has 0 saturated heterocycles. The summed E-state index contributed by atoms with van der Waals surface area (Å²) < 4.78 is 0. The van der Waals surface area contributed by atoms with Gasteiger partial charge in [-0.15, -0.1) is 0 Å². The van der Waals surface area contributed by atoms with Crippen molar-refractivity contribution in [3.8, 4) is 0 Å². The standard InChI is InChI=1S/C12H12N4O/c1-13-10-6-3-2-5-9(10)11(17)16-12-14-7-4-8-15-12/h2-8,13H,1H3,(H,14,15,16,17). The van der Waals surface area contributed by atoms with Gasteiger partial charge in [0.25, 0.3) is 5.91 Å². The molecular weight excluding hydrogens is 216 g/mol. The van der Waals surface area contributed by atoms with Crippen molar-refractivity contribution in [2.24, 2.45) is 0 Å². The number of anilines is 2. The summed E-state index contributed by atoms with van der Waals surface area (Å²) in [4.78, 5) is 19.8. The van der Waals surface area contributed by atoms with Crippen LogP contribution in [0.2, 0.25) is 0 Å². The largest absolute Gasteiger partial charge is 0.387 e. The number of aromatic nitrogens is 2. The monoisotopic (exact) mass is 228 g/mol. The van der Waals surface area contributed by atoms with E-state index in [1.165, 1.54) is 0 Å². The summed E-state index contributed by atoms with van der Waals surface area (Å²) in [5, 5.41) is 5.59. The summed E-state index contributed by atoms with van der Waals surface area (Å²) in [5.41, 5.74) is 1.32. The van der Waals surface area contributed by atoms with E-state index >= 15 is 0 Å². The molecule has 17 heavy (non-hydrogen) atoms. The zero-order valence-corrected chi connectivity index (χ0v) is 9.34. The number of hydrogen-bond acceptors (Lipinski definition) is 4. The lowest BCUT2D eigenvalue weighted by atomic mass is 10.1. The summed E-state index contributed by atoms with van der Waals surface area (Å²) in [6.07, 6.45) is 3.15. The summed E-state index contributed by atoms with van der Waals surface area (Å²) >= 11 is 0. The fraction of sp³-hybridized carbons (Fsp3) is 0.0833. The minimum atomic E-state index is -0.235. The lowest BCUT2D eigenvalue weighted by Gasteiger charge is -2.08.